The number of carbonyl (C=O) groups is 2. The molecule has 1 amide bonds. The molecule has 0 radical (unpaired) electrons. The molecule has 3 rings (SSSR count). The second kappa shape index (κ2) is 8.66. The number of thiophene rings is 1. The third-order valence-corrected chi connectivity index (χ3v) is 5.15. The van der Waals surface area contributed by atoms with Gasteiger partial charge in [-0.05, 0) is 36.4 Å². The molecule has 0 unspecified atom stereocenters. The highest BCUT2D eigenvalue weighted by Gasteiger charge is 2.20. The zero-order valence-corrected chi connectivity index (χ0v) is 16.6. The molecule has 0 saturated carbocycles. The van der Waals surface area contributed by atoms with E-state index in [0.29, 0.717) is 10.4 Å². The summed E-state index contributed by atoms with van der Waals surface area (Å²) in [6.07, 6.45) is 0. The van der Waals surface area contributed by atoms with Crippen molar-refractivity contribution in [2.75, 3.05) is 11.9 Å². The first-order valence-electron chi connectivity index (χ1n) is 8.72. The monoisotopic (exact) mass is 410 g/mol. The minimum absolute atomic E-state index is 0.0926. The third kappa shape index (κ3) is 4.67. The van der Waals surface area contributed by atoms with E-state index in [1.54, 1.807) is 18.4 Å². The van der Waals surface area contributed by atoms with Crippen LogP contribution >= 0.6 is 11.3 Å². The van der Waals surface area contributed by atoms with E-state index in [0.717, 1.165) is 16.7 Å². The molecule has 2 aromatic carbocycles. The summed E-state index contributed by atoms with van der Waals surface area (Å²) in [5.74, 6) is -1.27. The number of nitrogens with zero attached hydrogens (tertiary/aromatic N) is 1. The fourth-order valence-corrected chi connectivity index (χ4v) is 3.58. The maximum Gasteiger partial charge on any atom is 0.349 e. The van der Waals surface area contributed by atoms with Crippen LogP contribution in [0.4, 0.5) is 11.4 Å². The molecular weight excluding hydrogens is 392 g/mol. The van der Waals surface area contributed by atoms with Gasteiger partial charge in [0.2, 0.25) is 0 Å². The fraction of sp³-hybridized carbons (Fsp3) is 0.143. The Kier molecular flexibility index (Phi) is 6.04. The van der Waals surface area contributed by atoms with Gasteiger partial charge < -0.3 is 10.1 Å². The third-order valence-electron chi connectivity index (χ3n) is 4.26. The molecule has 0 fully saturated rings. The van der Waals surface area contributed by atoms with Crippen molar-refractivity contribution in [3.8, 4) is 11.1 Å². The van der Waals surface area contributed by atoms with Crippen molar-refractivity contribution in [1.29, 1.82) is 0 Å². The predicted molar refractivity (Wildman–Crippen MR) is 111 cm³/mol. The molecule has 0 aliphatic heterocycles. The molecule has 1 heterocycles. The van der Waals surface area contributed by atoms with Crippen LogP contribution in [0, 0.1) is 24.0 Å². The lowest BCUT2D eigenvalue weighted by Gasteiger charge is -2.09. The number of amides is 1. The largest absolute Gasteiger partial charge is 0.451 e. The summed E-state index contributed by atoms with van der Waals surface area (Å²) in [4.78, 5) is 35.6. The lowest BCUT2D eigenvalue weighted by Crippen LogP contribution is -2.21. The SMILES string of the molecule is Cc1ccc(-c2ccsc2C(=O)OCC(=O)Nc2c(C)cccc2[N+](=O)[O-])cc1. The zero-order chi connectivity index (χ0) is 21.0. The van der Waals surface area contributed by atoms with Gasteiger partial charge in [0.15, 0.2) is 6.61 Å². The van der Waals surface area contributed by atoms with E-state index in [9.17, 15) is 19.7 Å². The first-order chi connectivity index (χ1) is 13.9. The van der Waals surface area contributed by atoms with Crippen molar-refractivity contribution in [3.05, 3.63) is 80.0 Å². The number of nitro groups is 1. The minimum atomic E-state index is -0.649. The molecule has 0 saturated heterocycles. The predicted octanol–water partition coefficient (Wildman–Crippen LogP) is 4.74. The Labute approximate surface area is 171 Å². The molecule has 3 aromatic rings. The number of hydrogen-bond acceptors (Lipinski definition) is 6. The number of hydrogen-bond donors (Lipinski definition) is 1. The number of nitrogens with one attached hydrogen (secondary N) is 1. The zero-order valence-electron chi connectivity index (χ0n) is 15.8. The van der Waals surface area contributed by atoms with Crippen molar-refractivity contribution >= 4 is 34.6 Å². The summed E-state index contributed by atoms with van der Waals surface area (Å²) in [7, 11) is 0. The van der Waals surface area contributed by atoms with Gasteiger partial charge in [-0.15, -0.1) is 11.3 Å². The summed E-state index contributed by atoms with van der Waals surface area (Å²) in [6.45, 7) is 3.08. The van der Waals surface area contributed by atoms with E-state index in [-0.39, 0.29) is 11.4 Å². The smallest absolute Gasteiger partial charge is 0.349 e. The van der Waals surface area contributed by atoms with Crippen LogP contribution < -0.4 is 5.32 Å². The number of nitro benzene ring substituents is 1. The Morgan fingerprint density at radius 3 is 2.52 bits per heavy atom. The number of aryl methyl sites for hydroxylation is 2. The average Bonchev–Trinajstić information content (AvgIpc) is 3.18. The van der Waals surface area contributed by atoms with E-state index in [1.165, 1.54) is 23.5 Å². The molecule has 0 aliphatic carbocycles. The molecule has 0 bridgehead atoms. The molecule has 29 heavy (non-hydrogen) atoms. The molecular formula is C21H18N2O5S. The molecule has 0 aliphatic rings. The number of esters is 1. The Morgan fingerprint density at radius 2 is 1.83 bits per heavy atom. The Bertz CT molecular complexity index is 1070. The van der Waals surface area contributed by atoms with Crippen LogP contribution in [0.1, 0.15) is 20.8 Å². The summed E-state index contributed by atoms with van der Waals surface area (Å²) < 4.78 is 5.14. The highest BCUT2D eigenvalue weighted by atomic mass is 32.1. The number of carbonyl (C=O) groups excluding carboxylic acids is 2. The molecule has 1 N–H and O–H groups in total. The van der Waals surface area contributed by atoms with Gasteiger partial charge >= 0.3 is 5.97 Å². The molecule has 7 nitrogen and oxygen atoms in total. The van der Waals surface area contributed by atoms with Crippen molar-refractivity contribution in [3.63, 3.8) is 0 Å². The van der Waals surface area contributed by atoms with Gasteiger partial charge in [0.1, 0.15) is 10.6 Å². The highest BCUT2D eigenvalue weighted by molar-refractivity contribution is 7.12. The van der Waals surface area contributed by atoms with Gasteiger partial charge in [0, 0.05) is 11.6 Å². The van der Waals surface area contributed by atoms with Gasteiger partial charge in [0.25, 0.3) is 11.6 Å². The van der Waals surface area contributed by atoms with Crippen molar-refractivity contribution in [2.45, 2.75) is 13.8 Å². The van der Waals surface area contributed by atoms with Crippen LogP contribution in [0.25, 0.3) is 11.1 Å². The second-order valence-electron chi connectivity index (χ2n) is 6.38. The van der Waals surface area contributed by atoms with Crippen LogP contribution in [0.3, 0.4) is 0 Å². The van der Waals surface area contributed by atoms with E-state index < -0.39 is 23.4 Å². The number of para-hydroxylation sites is 1. The number of benzene rings is 2. The molecule has 1 aromatic heterocycles. The fourth-order valence-electron chi connectivity index (χ4n) is 2.77. The van der Waals surface area contributed by atoms with E-state index >= 15 is 0 Å². The number of anilines is 1. The molecule has 8 heteroatoms. The van der Waals surface area contributed by atoms with Crippen molar-refractivity contribution in [2.24, 2.45) is 0 Å². The Hall–Kier alpha value is -3.52. The van der Waals surface area contributed by atoms with Gasteiger partial charge in [-0.25, -0.2) is 4.79 Å². The van der Waals surface area contributed by atoms with Crippen molar-refractivity contribution in [1.82, 2.24) is 0 Å². The van der Waals surface area contributed by atoms with E-state index in [2.05, 4.69) is 5.32 Å². The van der Waals surface area contributed by atoms with Crippen LogP contribution in [-0.2, 0) is 9.53 Å². The summed E-state index contributed by atoms with van der Waals surface area (Å²) in [5, 5.41) is 15.4. The maximum absolute atomic E-state index is 12.5. The first kappa shape index (κ1) is 20.2. The van der Waals surface area contributed by atoms with Crippen LogP contribution in [-0.4, -0.2) is 23.4 Å². The quantitative estimate of drug-likeness (QED) is 0.360. The first-order valence-corrected chi connectivity index (χ1v) is 9.60. The van der Waals surface area contributed by atoms with Crippen molar-refractivity contribution < 1.29 is 19.2 Å². The van der Waals surface area contributed by atoms with Crippen LogP contribution in [0.2, 0.25) is 0 Å². The normalized spacial score (nSPS) is 10.4. The Morgan fingerprint density at radius 1 is 1.10 bits per heavy atom. The second-order valence-corrected chi connectivity index (χ2v) is 7.30. The van der Waals surface area contributed by atoms with Gasteiger partial charge in [-0.3, -0.25) is 14.9 Å². The summed E-state index contributed by atoms with van der Waals surface area (Å²) in [6, 6.07) is 14.0. The summed E-state index contributed by atoms with van der Waals surface area (Å²) in [5.41, 5.74) is 3.13. The number of rotatable bonds is 6. The number of ether oxygens (including phenoxy) is 1. The average molecular weight is 410 g/mol. The van der Waals surface area contributed by atoms with Crippen LogP contribution in [0.15, 0.2) is 53.9 Å². The lowest BCUT2D eigenvalue weighted by atomic mass is 10.1. The lowest BCUT2D eigenvalue weighted by molar-refractivity contribution is -0.384. The minimum Gasteiger partial charge on any atom is -0.451 e. The molecule has 0 spiro atoms. The van der Waals surface area contributed by atoms with Gasteiger partial charge in [-0.2, -0.15) is 0 Å². The molecule has 148 valence electrons. The van der Waals surface area contributed by atoms with E-state index in [1.807, 2.05) is 37.3 Å². The Balaban J connectivity index is 1.68. The summed E-state index contributed by atoms with van der Waals surface area (Å²) >= 11 is 1.23. The maximum atomic E-state index is 12.5. The van der Waals surface area contributed by atoms with Gasteiger partial charge in [0.05, 0.1) is 4.92 Å². The molecule has 0 atom stereocenters. The van der Waals surface area contributed by atoms with E-state index in [4.69, 9.17) is 4.74 Å². The van der Waals surface area contributed by atoms with Crippen LogP contribution in [0.5, 0.6) is 0 Å². The highest BCUT2D eigenvalue weighted by Crippen LogP contribution is 2.30. The topological polar surface area (TPSA) is 98.5 Å². The van der Waals surface area contributed by atoms with Gasteiger partial charge in [-0.1, -0.05) is 42.0 Å². The standard InChI is InChI=1S/C21H18N2O5S/c1-13-6-8-15(9-7-13)16-10-11-29-20(16)21(25)28-12-18(24)22-19-14(2)4-3-5-17(19)23(26)27/h3-11H,12H2,1-2H3,(H,22,24).